The smallest absolute Gasteiger partial charge is 0.321 e. The quantitative estimate of drug-likeness (QED) is 0.867. The van der Waals surface area contributed by atoms with Gasteiger partial charge in [0.2, 0.25) is 5.95 Å². The Morgan fingerprint density at radius 1 is 1.05 bits per heavy atom. The average Bonchev–Trinajstić information content (AvgIpc) is 2.44. The van der Waals surface area contributed by atoms with Gasteiger partial charge in [0.25, 0.3) is 0 Å². The zero-order valence-electron chi connectivity index (χ0n) is 11.9. The lowest BCUT2D eigenvalue weighted by atomic mass is 10.2. The maximum atomic E-state index is 6.02. The van der Waals surface area contributed by atoms with Crippen molar-refractivity contribution >= 4 is 29.2 Å². The Kier molecular flexibility index (Phi) is 5.59. The molecule has 0 aliphatic heterocycles. The molecule has 0 amide bonds. The molecule has 112 valence electrons. The van der Waals surface area contributed by atoms with Gasteiger partial charge in [0, 0.05) is 22.2 Å². The van der Waals surface area contributed by atoms with E-state index in [9.17, 15) is 0 Å². The van der Waals surface area contributed by atoms with Gasteiger partial charge in [-0.05, 0) is 31.5 Å². The second-order valence-corrected chi connectivity index (χ2v) is 5.16. The van der Waals surface area contributed by atoms with Crippen molar-refractivity contribution in [3.05, 3.63) is 28.2 Å². The van der Waals surface area contributed by atoms with Crippen LogP contribution in [0.5, 0.6) is 6.01 Å². The largest absolute Gasteiger partial charge is 0.464 e. The third-order valence-corrected chi connectivity index (χ3v) is 2.98. The molecule has 1 N–H and O–H groups in total. The Morgan fingerprint density at radius 3 is 2.38 bits per heavy atom. The Bertz CT molecular complexity index is 602. The van der Waals surface area contributed by atoms with Crippen molar-refractivity contribution in [3.8, 4) is 17.4 Å². The number of anilines is 1. The van der Waals surface area contributed by atoms with Crippen LogP contribution in [-0.4, -0.2) is 28.1 Å². The van der Waals surface area contributed by atoms with E-state index in [1.54, 1.807) is 18.2 Å². The maximum Gasteiger partial charge on any atom is 0.321 e. The van der Waals surface area contributed by atoms with Crippen LogP contribution in [0.3, 0.4) is 0 Å². The molecule has 0 saturated carbocycles. The topological polar surface area (TPSA) is 59.9 Å². The molecule has 0 radical (unpaired) electrons. The van der Waals surface area contributed by atoms with Gasteiger partial charge in [0.15, 0.2) is 5.82 Å². The fraction of sp³-hybridized carbons (Fsp3) is 0.357. The summed E-state index contributed by atoms with van der Waals surface area (Å²) in [4.78, 5) is 12.9. The average molecular weight is 327 g/mol. The fourth-order valence-electron chi connectivity index (χ4n) is 1.68. The van der Waals surface area contributed by atoms with Crippen molar-refractivity contribution in [3.63, 3.8) is 0 Å². The Labute approximate surface area is 133 Å². The van der Waals surface area contributed by atoms with Crippen molar-refractivity contribution in [1.29, 1.82) is 0 Å². The molecule has 1 aromatic heterocycles. The monoisotopic (exact) mass is 326 g/mol. The second kappa shape index (κ2) is 7.43. The number of benzene rings is 1. The van der Waals surface area contributed by atoms with Crippen molar-refractivity contribution in [2.45, 2.75) is 20.3 Å². The predicted octanol–water partition coefficient (Wildman–Crippen LogP) is 4.07. The van der Waals surface area contributed by atoms with Crippen molar-refractivity contribution in [2.24, 2.45) is 0 Å². The number of nitrogens with zero attached hydrogens (tertiary/aromatic N) is 3. The van der Waals surface area contributed by atoms with Crippen LogP contribution in [0.1, 0.15) is 20.3 Å². The summed E-state index contributed by atoms with van der Waals surface area (Å²) in [6.45, 7) is 5.19. The summed E-state index contributed by atoms with van der Waals surface area (Å²) in [5.41, 5.74) is 0.718. The highest BCUT2D eigenvalue weighted by molar-refractivity contribution is 6.35. The van der Waals surface area contributed by atoms with E-state index >= 15 is 0 Å². The van der Waals surface area contributed by atoms with Gasteiger partial charge in [-0.25, -0.2) is 0 Å². The number of halogens is 2. The third kappa shape index (κ3) is 4.44. The second-order valence-electron chi connectivity index (χ2n) is 4.28. The van der Waals surface area contributed by atoms with Crippen LogP contribution in [0.2, 0.25) is 10.0 Å². The van der Waals surface area contributed by atoms with E-state index < -0.39 is 0 Å². The van der Waals surface area contributed by atoms with Crippen LogP contribution in [0.25, 0.3) is 11.4 Å². The molecule has 21 heavy (non-hydrogen) atoms. The molecular formula is C14H16Cl2N4O. The first-order chi connectivity index (χ1) is 10.1. The summed E-state index contributed by atoms with van der Waals surface area (Å²) >= 11 is 12.0. The van der Waals surface area contributed by atoms with Gasteiger partial charge in [0.05, 0.1) is 6.61 Å². The first kappa shape index (κ1) is 15.8. The number of aromatic nitrogens is 3. The van der Waals surface area contributed by atoms with E-state index in [-0.39, 0.29) is 6.01 Å². The van der Waals surface area contributed by atoms with Crippen LogP contribution in [0.4, 0.5) is 5.95 Å². The molecule has 0 aliphatic rings. The van der Waals surface area contributed by atoms with Crippen molar-refractivity contribution in [1.82, 2.24) is 15.0 Å². The summed E-state index contributed by atoms with van der Waals surface area (Å²) in [7, 11) is 0. The van der Waals surface area contributed by atoms with Crippen LogP contribution in [0, 0.1) is 0 Å². The van der Waals surface area contributed by atoms with Crippen LogP contribution >= 0.6 is 23.2 Å². The highest BCUT2D eigenvalue weighted by atomic mass is 35.5. The van der Waals surface area contributed by atoms with Gasteiger partial charge < -0.3 is 10.1 Å². The Hall–Kier alpha value is -1.59. The minimum atomic E-state index is 0.275. The van der Waals surface area contributed by atoms with Gasteiger partial charge >= 0.3 is 6.01 Å². The van der Waals surface area contributed by atoms with Crippen LogP contribution in [-0.2, 0) is 0 Å². The van der Waals surface area contributed by atoms with Crippen LogP contribution in [0.15, 0.2) is 18.2 Å². The fourth-order valence-corrected chi connectivity index (χ4v) is 2.20. The maximum absolute atomic E-state index is 6.02. The molecule has 1 heterocycles. The lowest BCUT2D eigenvalue weighted by Crippen LogP contribution is -2.08. The van der Waals surface area contributed by atoms with Gasteiger partial charge in [0.1, 0.15) is 0 Å². The zero-order chi connectivity index (χ0) is 15.2. The highest BCUT2D eigenvalue weighted by Gasteiger charge is 2.10. The van der Waals surface area contributed by atoms with Gasteiger partial charge in [-0.2, -0.15) is 15.0 Å². The molecule has 2 rings (SSSR count). The van der Waals surface area contributed by atoms with Crippen molar-refractivity contribution < 1.29 is 4.74 Å². The van der Waals surface area contributed by atoms with Gasteiger partial charge in [-0.1, -0.05) is 30.1 Å². The van der Waals surface area contributed by atoms with Gasteiger partial charge in [-0.15, -0.1) is 0 Å². The molecule has 0 atom stereocenters. The molecule has 0 aliphatic carbocycles. The zero-order valence-corrected chi connectivity index (χ0v) is 13.4. The SMILES string of the molecule is CCCNc1nc(OCC)nc(-c2cc(Cl)cc(Cl)c2)n1. The Balaban J connectivity index is 2.42. The number of nitrogens with one attached hydrogen (secondary N) is 1. The number of ether oxygens (including phenoxy) is 1. The number of hydrogen-bond donors (Lipinski definition) is 1. The van der Waals surface area contributed by atoms with E-state index in [0.717, 1.165) is 18.5 Å². The van der Waals surface area contributed by atoms with E-state index in [0.29, 0.717) is 28.4 Å². The molecule has 0 saturated heterocycles. The summed E-state index contributed by atoms with van der Waals surface area (Å²) in [5, 5.41) is 4.18. The number of hydrogen-bond acceptors (Lipinski definition) is 5. The third-order valence-electron chi connectivity index (χ3n) is 2.54. The molecule has 0 spiro atoms. The minimum Gasteiger partial charge on any atom is -0.464 e. The standard InChI is InChI=1S/C14H16Cl2N4O/c1-3-5-17-13-18-12(19-14(20-13)21-4-2)9-6-10(15)8-11(16)7-9/h6-8H,3-5H2,1-2H3,(H,17,18,19,20). The lowest BCUT2D eigenvalue weighted by molar-refractivity contribution is 0.312. The molecule has 7 heteroatoms. The molecule has 2 aromatic rings. The van der Waals surface area contributed by atoms with E-state index in [4.69, 9.17) is 27.9 Å². The molecule has 0 fully saturated rings. The first-order valence-electron chi connectivity index (χ1n) is 6.71. The van der Waals surface area contributed by atoms with Gasteiger partial charge in [-0.3, -0.25) is 0 Å². The van der Waals surface area contributed by atoms with E-state index in [1.807, 2.05) is 6.92 Å². The lowest BCUT2D eigenvalue weighted by Gasteiger charge is -2.09. The summed E-state index contributed by atoms with van der Waals surface area (Å²) in [5.74, 6) is 0.942. The van der Waals surface area contributed by atoms with E-state index in [1.165, 1.54) is 0 Å². The summed E-state index contributed by atoms with van der Waals surface area (Å²) in [6, 6.07) is 5.44. The first-order valence-corrected chi connectivity index (χ1v) is 7.47. The molecule has 0 bridgehead atoms. The van der Waals surface area contributed by atoms with Crippen molar-refractivity contribution in [2.75, 3.05) is 18.5 Å². The Morgan fingerprint density at radius 2 is 1.76 bits per heavy atom. The minimum absolute atomic E-state index is 0.275. The predicted molar refractivity (Wildman–Crippen MR) is 85.2 cm³/mol. The molecular weight excluding hydrogens is 311 g/mol. The highest BCUT2D eigenvalue weighted by Crippen LogP contribution is 2.26. The molecule has 0 unspecified atom stereocenters. The molecule has 1 aromatic carbocycles. The summed E-state index contributed by atoms with van der Waals surface area (Å²) < 4.78 is 5.38. The van der Waals surface area contributed by atoms with Crippen LogP contribution < -0.4 is 10.1 Å². The molecule has 5 nitrogen and oxygen atoms in total. The normalized spacial score (nSPS) is 10.5. The number of rotatable bonds is 6. The summed E-state index contributed by atoms with van der Waals surface area (Å²) in [6.07, 6.45) is 0.966. The van der Waals surface area contributed by atoms with E-state index in [2.05, 4.69) is 27.2 Å².